The number of pyridine rings is 1. The van der Waals surface area contributed by atoms with Crippen LogP contribution in [0, 0.1) is 5.92 Å². The van der Waals surface area contributed by atoms with Gasteiger partial charge in [-0.3, -0.25) is 0 Å². The highest BCUT2D eigenvalue weighted by atomic mass is 79.9. The van der Waals surface area contributed by atoms with Crippen LogP contribution in [0.2, 0.25) is 0 Å². The molecular weight excluding hydrogens is 342 g/mol. The summed E-state index contributed by atoms with van der Waals surface area (Å²) in [5, 5.41) is 0. The number of nitrogens with zero attached hydrogens (tertiary/aromatic N) is 1. The van der Waals surface area contributed by atoms with E-state index < -0.39 is 5.60 Å². The molecule has 6 heteroatoms. The molecule has 1 atom stereocenters. The van der Waals surface area contributed by atoms with E-state index in [1.54, 1.807) is 7.11 Å². The monoisotopic (exact) mass is 359 g/mol. The first kappa shape index (κ1) is 14.6. The predicted octanol–water partition coefficient (Wildman–Crippen LogP) is 2.85. The molecule has 0 aliphatic carbocycles. The Labute approximate surface area is 131 Å². The van der Waals surface area contributed by atoms with Crippen molar-refractivity contribution in [3.05, 3.63) is 22.4 Å². The summed E-state index contributed by atoms with van der Waals surface area (Å²) in [6.45, 7) is 2.03. The first-order valence-corrected chi connectivity index (χ1v) is 8.68. The Morgan fingerprint density at radius 2 is 2.35 bits per heavy atom. The lowest BCUT2D eigenvalue weighted by Gasteiger charge is -2.27. The Kier molecular flexibility index (Phi) is 4.55. The standard InChI is InChI=1S/C14H18BrNO3S/c1-17-14(2-3-18-9-14)12-4-11(5-13(15)16-12)19-6-10-7-20-8-10/h4-5,10H,2-3,6-9H2,1H3/t14-/m0/s1. The number of halogens is 1. The second kappa shape index (κ2) is 6.22. The average Bonchev–Trinajstić information content (AvgIpc) is 2.86. The van der Waals surface area contributed by atoms with Crippen LogP contribution in [0.3, 0.4) is 0 Å². The molecule has 2 fully saturated rings. The summed E-state index contributed by atoms with van der Waals surface area (Å²) in [4.78, 5) is 4.55. The van der Waals surface area contributed by atoms with Gasteiger partial charge in [-0.2, -0.15) is 11.8 Å². The summed E-state index contributed by atoms with van der Waals surface area (Å²) in [7, 11) is 1.71. The molecule has 20 heavy (non-hydrogen) atoms. The van der Waals surface area contributed by atoms with Gasteiger partial charge in [0.2, 0.25) is 0 Å². The van der Waals surface area contributed by atoms with Crippen molar-refractivity contribution in [3.8, 4) is 5.75 Å². The molecule has 4 nitrogen and oxygen atoms in total. The van der Waals surface area contributed by atoms with E-state index in [2.05, 4.69) is 20.9 Å². The van der Waals surface area contributed by atoms with E-state index in [0.29, 0.717) is 19.1 Å². The smallest absolute Gasteiger partial charge is 0.135 e. The number of aromatic nitrogens is 1. The third-order valence-electron chi connectivity index (χ3n) is 3.80. The molecule has 2 saturated heterocycles. The summed E-state index contributed by atoms with van der Waals surface area (Å²) in [5.41, 5.74) is 0.443. The summed E-state index contributed by atoms with van der Waals surface area (Å²) >= 11 is 5.43. The van der Waals surface area contributed by atoms with Crippen molar-refractivity contribution in [2.24, 2.45) is 5.92 Å². The van der Waals surface area contributed by atoms with Gasteiger partial charge in [0.1, 0.15) is 16.0 Å². The van der Waals surface area contributed by atoms with Crippen molar-refractivity contribution in [1.29, 1.82) is 0 Å². The van der Waals surface area contributed by atoms with Gasteiger partial charge in [-0.15, -0.1) is 0 Å². The number of hydrogen-bond acceptors (Lipinski definition) is 5. The molecule has 3 rings (SSSR count). The van der Waals surface area contributed by atoms with Gasteiger partial charge in [0.05, 0.1) is 18.9 Å². The topological polar surface area (TPSA) is 40.6 Å². The molecule has 0 N–H and O–H groups in total. The van der Waals surface area contributed by atoms with Gasteiger partial charge in [0, 0.05) is 49.7 Å². The maximum atomic E-state index is 5.90. The summed E-state index contributed by atoms with van der Waals surface area (Å²) in [6.07, 6.45) is 0.825. The largest absolute Gasteiger partial charge is 0.493 e. The lowest BCUT2D eigenvalue weighted by atomic mass is 9.98. The number of ether oxygens (including phenoxy) is 3. The van der Waals surface area contributed by atoms with Crippen molar-refractivity contribution in [3.63, 3.8) is 0 Å². The van der Waals surface area contributed by atoms with Gasteiger partial charge < -0.3 is 14.2 Å². The van der Waals surface area contributed by atoms with Gasteiger partial charge in [-0.25, -0.2) is 4.98 Å². The van der Waals surface area contributed by atoms with Crippen LogP contribution in [0.1, 0.15) is 12.1 Å². The lowest BCUT2D eigenvalue weighted by molar-refractivity contribution is -0.0248. The second-order valence-corrected chi connectivity index (χ2v) is 7.11. The lowest BCUT2D eigenvalue weighted by Crippen LogP contribution is -2.30. The van der Waals surface area contributed by atoms with Crippen LogP contribution in [-0.2, 0) is 15.1 Å². The molecule has 2 aliphatic rings. The van der Waals surface area contributed by atoms with Crippen molar-refractivity contribution in [2.45, 2.75) is 12.0 Å². The van der Waals surface area contributed by atoms with Crippen molar-refractivity contribution >= 4 is 27.7 Å². The summed E-state index contributed by atoms with van der Waals surface area (Å²) in [5.74, 6) is 3.94. The maximum Gasteiger partial charge on any atom is 0.135 e. The summed E-state index contributed by atoms with van der Waals surface area (Å²) < 4.78 is 17.8. The minimum Gasteiger partial charge on any atom is -0.493 e. The first-order chi connectivity index (χ1) is 9.72. The van der Waals surface area contributed by atoms with Gasteiger partial charge in [0.15, 0.2) is 0 Å². The van der Waals surface area contributed by atoms with Crippen LogP contribution < -0.4 is 4.74 Å². The fraction of sp³-hybridized carbons (Fsp3) is 0.643. The molecule has 0 aromatic carbocycles. The van der Waals surface area contributed by atoms with E-state index in [1.807, 2.05) is 23.9 Å². The number of methoxy groups -OCH3 is 1. The third kappa shape index (κ3) is 2.98. The van der Waals surface area contributed by atoms with E-state index >= 15 is 0 Å². The highest BCUT2D eigenvalue weighted by Gasteiger charge is 2.38. The highest BCUT2D eigenvalue weighted by molar-refractivity contribution is 9.10. The molecule has 1 aromatic heterocycles. The predicted molar refractivity (Wildman–Crippen MR) is 82.4 cm³/mol. The van der Waals surface area contributed by atoms with Crippen LogP contribution in [0.5, 0.6) is 5.75 Å². The molecule has 2 aliphatic heterocycles. The van der Waals surface area contributed by atoms with Crippen molar-refractivity contribution < 1.29 is 14.2 Å². The fourth-order valence-corrected chi connectivity index (χ4v) is 3.58. The molecule has 0 saturated carbocycles. The zero-order chi connectivity index (χ0) is 14.0. The number of thioether (sulfide) groups is 1. The van der Waals surface area contributed by atoms with Gasteiger partial charge >= 0.3 is 0 Å². The minimum atomic E-state index is -0.436. The molecule has 1 aromatic rings. The van der Waals surface area contributed by atoms with Crippen LogP contribution >= 0.6 is 27.7 Å². The first-order valence-electron chi connectivity index (χ1n) is 6.73. The zero-order valence-electron chi connectivity index (χ0n) is 11.4. The van der Waals surface area contributed by atoms with E-state index in [4.69, 9.17) is 14.2 Å². The van der Waals surface area contributed by atoms with Crippen LogP contribution in [-0.4, -0.2) is 43.4 Å². The van der Waals surface area contributed by atoms with Gasteiger partial charge in [-0.05, 0) is 15.9 Å². The van der Waals surface area contributed by atoms with Crippen molar-refractivity contribution in [2.75, 3.05) is 38.4 Å². The van der Waals surface area contributed by atoms with E-state index in [1.165, 1.54) is 11.5 Å². The highest BCUT2D eigenvalue weighted by Crippen LogP contribution is 2.35. The molecular formula is C14H18BrNO3S. The summed E-state index contributed by atoms with van der Waals surface area (Å²) in [6, 6.07) is 3.89. The second-order valence-electron chi connectivity index (χ2n) is 5.23. The maximum absolute atomic E-state index is 5.90. The third-order valence-corrected chi connectivity index (χ3v) is 5.62. The Morgan fingerprint density at radius 1 is 1.50 bits per heavy atom. The van der Waals surface area contributed by atoms with Crippen molar-refractivity contribution in [1.82, 2.24) is 4.98 Å². The molecule has 110 valence electrons. The average molecular weight is 360 g/mol. The molecule has 0 amide bonds. The molecule has 0 radical (unpaired) electrons. The molecule has 3 heterocycles. The zero-order valence-corrected chi connectivity index (χ0v) is 13.8. The Morgan fingerprint density at radius 3 is 2.95 bits per heavy atom. The Balaban J connectivity index is 1.78. The van der Waals surface area contributed by atoms with E-state index in [0.717, 1.165) is 29.1 Å². The fourth-order valence-electron chi connectivity index (χ4n) is 2.40. The molecule has 0 bridgehead atoms. The SMILES string of the molecule is CO[C@@]1(c2cc(OCC3CSC3)cc(Br)n2)CCOC1. The van der Waals surface area contributed by atoms with E-state index in [-0.39, 0.29) is 0 Å². The Bertz CT molecular complexity index is 475. The van der Waals surface area contributed by atoms with Crippen LogP contribution in [0.25, 0.3) is 0 Å². The minimum absolute atomic E-state index is 0.436. The normalized spacial score (nSPS) is 26.5. The Hall–Kier alpha value is -0.300. The number of rotatable bonds is 5. The molecule has 0 unspecified atom stereocenters. The molecule has 0 spiro atoms. The van der Waals surface area contributed by atoms with Gasteiger partial charge in [-0.1, -0.05) is 0 Å². The quantitative estimate of drug-likeness (QED) is 0.756. The van der Waals surface area contributed by atoms with E-state index in [9.17, 15) is 0 Å². The van der Waals surface area contributed by atoms with Crippen LogP contribution in [0.4, 0.5) is 0 Å². The number of hydrogen-bond donors (Lipinski definition) is 0. The van der Waals surface area contributed by atoms with Crippen LogP contribution in [0.15, 0.2) is 16.7 Å². The van der Waals surface area contributed by atoms with Gasteiger partial charge in [0.25, 0.3) is 0 Å².